The minimum Gasteiger partial charge on any atom is -0.493 e. The van der Waals surface area contributed by atoms with E-state index in [0.717, 1.165) is 41.2 Å². The Morgan fingerprint density at radius 1 is 0.971 bits per heavy atom. The van der Waals surface area contributed by atoms with Crippen molar-refractivity contribution in [2.45, 2.75) is 51.6 Å². The van der Waals surface area contributed by atoms with Crippen LogP contribution in [-0.2, 0) is 17.6 Å². The topological polar surface area (TPSA) is 74.2 Å². The number of hydrogen-bond donors (Lipinski definition) is 1. The molecule has 0 aliphatic carbocycles. The third-order valence-corrected chi connectivity index (χ3v) is 6.04. The van der Waals surface area contributed by atoms with Crippen LogP contribution >= 0.6 is 0 Å². The monoisotopic (exact) mass is 476 g/mol. The molecular formula is C29H32O6. The van der Waals surface area contributed by atoms with Crippen molar-refractivity contribution >= 4 is 5.97 Å². The second kappa shape index (κ2) is 11.2. The number of fused-ring (bicyclic) bond motifs is 1. The molecule has 0 bridgehead atoms. The van der Waals surface area contributed by atoms with Crippen LogP contribution in [0.5, 0.6) is 28.7 Å². The van der Waals surface area contributed by atoms with Crippen LogP contribution in [0.15, 0.2) is 66.7 Å². The number of benzene rings is 3. The van der Waals surface area contributed by atoms with E-state index in [4.69, 9.17) is 18.9 Å². The normalized spacial score (nSPS) is 16.6. The van der Waals surface area contributed by atoms with Crippen LogP contribution < -0.4 is 18.9 Å². The summed E-state index contributed by atoms with van der Waals surface area (Å²) < 4.78 is 23.7. The summed E-state index contributed by atoms with van der Waals surface area (Å²) in [4.78, 5) is 11.5. The molecule has 4 rings (SSSR count). The van der Waals surface area contributed by atoms with Gasteiger partial charge in [-0.1, -0.05) is 37.6 Å². The van der Waals surface area contributed by atoms with Gasteiger partial charge < -0.3 is 24.1 Å². The molecule has 0 saturated carbocycles. The Kier molecular flexibility index (Phi) is 7.80. The summed E-state index contributed by atoms with van der Waals surface area (Å²) in [5, 5.41) is 9.44. The van der Waals surface area contributed by atoms with Gasteiger partial charge in [-0.05, 0) is 67.3 Å². The van der Waals surface area contributed by atoms with E-state index in [1.165, 1.54) is 0 Å². The molecule has 6 nitrogen and oxygen atoms in total. The summed E-state index contributed by atoms with van der Waals surface area (Å²) in [6.45, 7) is 4.75. The summed E-state index contributed by atoms with van der Waals surface area (Å²) in [5.74, 6) is 2.76. The van der Waals surface area contributed by atoms with E-state index in [1.54, 1.807) is 13.0 Å². The summed E-state index contributed by atoms with van der Waals surface area (Å²) in [5.41, 5.74) is 0.926. The van der Waals surface area contributed by atoms with Gasteiger partial charge in [0.1, 0.15) is 28.7 Å². The van der Waals surface area contributed by atoms with Crippen LogP contribution in [0.2, 0.25) is 0 Å². The average Bonchev–Trinajstić information content (AvgIpc) is 2.85. The Morgan fingerprint density at radius 2 is 1.74 bits per heavy atom. The van der Waals surface area contributed by atoms with E-state index in [0.29, 0.717) is 44.0 Å². The Balaban J connectivity index is 1.28. The first-order valence-electron chi connectivity index (χ1n) is 12.1. The molecule has 0 spiro atoms. The largest absolute Gasteiger partial charge is 0.493 e. The highest BCUT2D eigenvalue weighted by atomic mass is 16.5. The van der Waals surface area contributed by atoms with Crippen LogP contribution in [-0.4, -0.2) is 29.9 Å². The summed E-state index contributed by atoms with van der Waals surface area (Å²) in [7, 11) is 0. The standard InChI is InChI=1S/C29H32O6/c1-3-8-22-19-25(34-23-9-5-4-6-10-23)13-14-26(22)33-18-7-17-32-24-12-11-21-15-16-29(2,28(30)31)35-27(21)20-24/h4-6,9-14,19-20H,3,7-8,15-18H2,1-2H3,(H,30,31). The fourth-order valence-corrected chi connectivity index (χ4v) is 4.02. The molecule has 35 heavy (non-hydrogen) atoms. The molecule has 1 N–H and O–H groups in total. The lowest BCUT2D eigenvalue weighted by Crippen LogP contribution is -2.44. The Labute approximate surface area is 206 Å². The van der Waals surface area contributed by atoms with Crippen LogP contribution in [0.3, 0.4) is 0 Å². The van der Waals surface area contributed by atoms with Crippen LogP contribution in [0.4, 0.5) is 0 Å². The summed E-state index contributed by atoms with van der Waals surface area (Å²) in [6.07, 6.45) is 3.74. The van der Waals surface area contributed by atoms with Crippen molar-refractivity contribution in [2.75, 3.05) is 13.2 Å². The van der Waals surface area contributed by atoms with E-state index in [1.807, 2.05) is 60.7 Å². The van der Waals surface area contributed by atoms with E-state index in [-0.39, 0.29) is 0 Å². The highest BCUT2D eigenvalue weighted by molar-refractivity contribution is 5.78. The highest BCUT2D eigenvalue weighted by Gasteiger charge is 2.39. The van der Waals surface area contributed by atoms with Crippen LogP contribution in [0, 0.1) is 0 Å². The second-order valence-corrected chi connectivity index (χ2v) is 8.89. The maximum atomic E-state index is 11.5. The van der Waals surface area contributed by atoms with Gasteiger partial charge in [0, 0.05) is 18.9 Å². The maximum Gasteiger partial charge on any atom is 0.347 e. The zero-order valence-corrected chi connectivity index (χ0v) is 20.3. The van der Waals surface area contributed by atoms with Gasteiger partial charge in [0.2, 0.25) is 5.60 Å². The molecule has 184 valence electrons. The number of para-hydroxylation sites is 1. The van der Waals surface area contributed by atoms with Gasteiger partial charge in [0.05, 0.1) is 13.2 Å². The molecule has 1 atom stereocenters. The number of aryl methyl sites for hydroxylation is 2. The van der Waals surface area contributed by atoms with Crippen molar-refractivity contribution in [2.24, 2.45) is 0 Å². The number of carbonyl (C=O) groups is 1. The molecule has 0 amide bonds. The molecule has 3 aromatic rings. The molecule has 1 aliphatic rings. The van der Waals surface area contributed by atoms with E-state index in [9.17, 15) is 9.90 Å². The van der Waals surface area contributed by atoms with Gasteiger partial charge in [-0.15, -0.1) is 0 Å². The molecule has 6 heteroatoms. The molecule has 1 unspecified atom stereocenters. The molecule has 0 fully saturated rings. The van der Waals surface area contributed by atoms with Gasteiger partial charge in [0.15, 0.2) is 0 Å². The third kappa shape index (κ3) is 6.27. The zero-order chi connectivity index (χ0) is 24.7. The summed E-state index contributed by atoms with van der Waals surface area (Å²) in [6, 6.07) is 21.3. The number of hydrogen-bond acceptors (Lipinski definition) is 5. The first-order valence-corrected chi connectivity index (χ1v) is 12.1. The summed E-state index contributed by atoms with van der Waals surface area (Å²) >= 11 is 0. The lowest BCUT2D eigenvalue weighted by atomic mass is 9.93. The van der Waals surface area contributed by atoms with Gasteiger partial charge in [-0.25, -0.2) is 4.79 Å². The lowest BCUT2D eigenvalue weighted by molar-refractivity contribution is -0.155. The van der Waals surface area contributed by atoms with Crippen molar-refractivity contribution in [3.8, 4) is 28.7 Å². The van der Waals surface area contributed by atoms with Crippen LogP contribution in [0.1, 0.15) is 44.2 Å². The first-order chi connectivity index (χ1) is 17.0. The highest BCUT2D eigenvalue weighted by Crippen LogP contribution is 2.36. The van der Waals surface area contributed by atoms with Gasteiger partial charge in [0.25, 0.3) is 0 Å². The van der Waals surface area contributed by atoms with Gasteiger partial charge in [-0.2, -0.15) is 0 Å². The predicted molar refractivity (Wildman–Crippen MR) is 134 cm³/mol. The fourth-order valence-electron chi connectivity index (χ4n) is 4.02. The van der Waals surface area contributed by atoms with Crippen molar-refractivity contribution in [3.63, 3.8) is 0 Å². The number of ether oxygens (including phenoxy) is 4. The molecular weight excluding hydrogens is 444 g/mol. The molecule has 0 radical (unpaired) electrons. The Bertz CT molecular complexity index is 1140. The quantitative estimate of drug-likeness (QED) is 0.321. The average molecular weight is 477 g/mol. The molecule has 1 aliphatic heterocycles. The number of rotatable bonds is 11. The van der Waals surface area contributed by atoms with E-state index < -0.39 is 11.6 Å². The smallest absolute Gasteiger partial charge is 0.347 e. The molecule has 0 saturated heterocycles. The third-order valence-electron chi connectivity index (χ3n) is 6.04. The van der Waals surface area contributed by atoms with Gasteiger partial charge in [-0.3, -0.25) is 0 Å². The minimum atomic E-state index is -1.20. The van der Waals surface area contributed by atoms with Crippen LogP contribution in [0.25, 0.3) is 0 Å². The van der Waals surface area contributed by atoms with Crippen molar-refractivity contribution < 1.29 is 28.8 Å². The zero-order valence-electron chi connectivity index (χ0n) is 20.3. The van der Waals surface area contributed by atoms with Crippen molar-refractivity contribution in [1.29, 1.82) is 0 Å². The molecule has 3 aromatic carbocycles. The number of aliphatic carboxylic acids is 1. The number of carboxylic acids is 1. The first kappa shape index (κ1) is 24.5. The SMILES string of the molecule is CCCc1cc(Oc2ccccc2)ccc1OCCCOc1ccc2c(c1)OC(C)(C(=O)O)CC2. The molecule has 1 heterocycles. The van der Waals surface area contributed by atoms with Crippen molar-refractivity contribution in [1.82, 2.24) is 0 Å². The second-order valence-electron chi connectivity index (χ2n) is 8.89. The predicted octanol–water partition coefficient (Wildman–Crippen LogP) is 6.45. The van der Waals surface area contributed by atoms with Crippen molar-refractivity contribution in [3.05, 3.63) is 77.9 Å². The minimum absolute atomic E-state index is 0.451. The lowest BCUT2D eigenvalue weighted by Gasteiger charge is -2.32. The molecule has 0 aromatic heterocycles. The maximum absolute atomic E-state index is 11.5. The van der Waals surface area contributed by atoms with E-state index >= 15 is 0 Å². The Morgan fingerprint density at radius 3 is 2.51 bits per heavy atom. The van der Waals surface area contributed by atoms with Gasteiger partial charge >= 0.3 is 5.97 Å². The Hall–Kier alpha value is -3.67. The van der Waals surface area contributed by atoms with E-state index in [2.05, 4.69) is 6.92 Å². The fraction of sp³-hybridized carbons (Fsp3) is 0.345. The number of carboxylic acid groups (broad SMARTS) is 1.